The van der Waals surface area contributed by atoms with Crippen LogP contribution in [0.3, 0.4) is 0 Å². The van der Waals surface area contributed by atoms with Gasteiger partial charge in [-0.15, -0.1) is 0 Å². The Labute approximate surface area is 133 Å². The highest BCUT2D eigenvalue weighted by Crippen LogP contribution is 2.31. The molecule has 0 bridgehead atoms. The number of sulfonamides is 1. The summed E-state index contributed by atoms with van der Waals surface area (Å²) in [5.74, 6) is -0.849. The molecule has 1 saturated heterocycles. The Balaban J connectivity index is 2.15. The van der Waals surface area contributed by atoms with Gasteiger partial charge < -0.3 is 5.73 Å². The van der Waals surface area contributed by atoms with Crippen LogP contribution in [0.1, 0.15) is 12.0 Å². The predicted octanol–water partition coefficient (Wildman–Crippen LogP) is 1.13. The molecule has 1 aromatic carbocycles. The van der Waals surface area contributed by atoms with E-state index in [2.05, 4.69) is 4.98 Å². The van der Waals surface area contributed by atoms with Gasteiger partial charge in [0.2, 0.25) is 15.9 Å². The second-order valence-electron chi connectivity index (χ2n) is 5.67. The molecule has 1 aliphatic rings. The molecule has 1 aliphatic heterocycles. The largest absolute Gasteiger partial charge is 0.368 e. The Kier molecular flexibility index (Phi) is 3.81. The fourth-order valence-corrected chi connectivity index (χ4v) is 4.66. The third-order valence-corrected chi connectivity index (χ3v) is 5.84. The first kappa shape index (κ1) is 15.8. The van der Waals surface area contributed by atoms with Crippen molar-refractivity contribution in [2.75, 3.05) is 6.54 Å². The second-order valence-corrected chi connectivity index (χ2v) is 7.53. The zero-order chi connectivity index (χ0) is 16.8. The number of rotatable bonds is 3. The van der Waals surface area contributed by atoms with Gasteiger partial charge >= 0.3 is 0 Å². The maximum atomic E-state index is 13.7. The number of nitrogens with two attached hydrogens (primary N) is 1. The number of carbonyl (C=O) groups is 1. The molecular formula is C15H16FN3O3S. The lowest BCUT2D eigenvalue weighted by atomic mass is 10.2. The fourth-order valence-electron chi connectivity index (χ4n) is 2.86. The summed E-state index contributed by atoms with van der Waals surface area (Å²) in [6.45, 7) is 1.48. The van der Waals surface area contributed by atoms with Crippen LogP contribution < -0.4 is 5.73 Å². The summed E-state index contributed by atoms with van der Waals surface area (Å²) in [6, 6.07) is 5.40. The molecule has 1 amide bonds. The molecule has 1 fully saturated rings. The first-order valence-corrected chi connectivity index (χ1v) is 8.55. The summed E-state index contributed by atoms with van der Waals surface area (Å²) in [5.41, 5.74) is 6.42. The Morgan fingerprint density at radius 1 is 1.43 bits per heavy atom. The first-order chi connectivity index (χ1) is 10.8. The quantitative estimate of drug-likeness (QED) is 0.908. The molecule has 23 heavy (non-hydrogen) atoms. The van der Waals surface area contributed by atoms with Crippen LogP contribution in [0, 0.1) is 6.92 Å². The van der Waals surface area contributed by atoms with Crippen molar-refractivity contribution in [1.29, 1.82) is 0 Å². The average molecular weight is 337 g/mol. The number of fused-ring (bicyclic) bond motifs is 1. The average Bonchev–Trinajstić information content (AvgIpc) is 2.89. The van der Waals surface area contributed by atoms with Gasteiger partial charge in [-0.1, -0.05) is 12.1 Å². The molecule has 0 aliphatic carbocycles. The highest BCUT2D eigenvalue weighted by molar-refractivity contribution is 7.89. The molecule has 0 radical (unpaired) electrons. The standard InChI is InChI=1S/C15H16FN3O3S/c1-9-5-10-3-2-4-13(14(10)18-7-9)23(21,22)19-8-11(16)6-12(19)15(17)20/h2-5,7,11-12H,6,8H2,1H3,(H2,17,20)/t11-,12+/m1/s1. The number of benzene rings is 1. The van der Waals surface area contributed by atoms with E-state index in [-0.39, 0.29) is 17.9 Å². The molecular weight excluding hydrogens is 321 g/mol. The summed E-state index contributed by atoms with van der Waals surface area (Å²) in [7, 11) is -4.08. The van der Waals surface area contributed by atoms with Gasteiger partial charge in [0.05, 0.1) is 5.52 Å². The molecule has 2 N–H and O–H groups in total. The van der Waals surface area contributed by atoms with Crippen molar-refractivity contribution in [3.8, 4) is 0 Å². The van der Waals surface area contributed by atoms with Gasteiger partial charge in [0.25, 0.3) is 0 Å². The number of carbonyl (C=O) groups excluding carboxylic acids is 1. The monoisotopic (exact) mass is 337 g/mol. The second kappa shape index (κ2) is 5.54. The Hall–Kier alpha value is -2.06. The number of amides is 1. The normalized spacial score (nSPS) is 22.5. The molecule has 1 aromatic heterocycles. The van der Waals surface area contributed by atoms with E-state index in [1.807, 2.05) is 13.0 Å². The van der Waals surface area contributed by atoms with Crippen LogP contribution in [0.15, 0.2) is 35.4 Å². The van der Waals surface area contributed by atoms with Gasteiger partial charge in [0, 0.05) is 24.5 Å². The van der Waals surface area contributed by atoms with E-state index in [4.69, 9.17) is 5.73 Å². The SMILES string of the molecule is Cc1cnc2c(S(=O)(=O)N3C[C@H](F)C[C@H]3C(N)=O)cccc2c1. The fraction of sp³-hybridized carbons (Fsp3) is 0.333. The molecule has 122 valence electrons. The van der Waals surface area contributed by atoms with Crippen molar-refractivity contribution in [3.63, 3.8) is 0 Å². The summed E-state index contributed by atoms with van der Waals surface area (Å²) < 4.78 is 40.3. The molecule has 3 rings (SSSR count). The Morgan fingerprint density at radius 2 is 2.17 bits per heavy atom. The highest BCUT2D eigenvalue weighted by Gasteiger charge is 2.43. The number of aryl methyl sites for hydroxylation is 1. The lowest BCUT2D eigenvalue weighted by Gasteiger charge is -2.21. The Morgan fingerprint density at radius 3 is 2.87 bits per heavy atom. The van der Waals surface area contributed by atoms with Crippen LogP contribution in [-0.4, -0.2) is 42.4 Å². The van der Waals surface area contributed by atoms with Crippen molar-refractivity contribution in [2.24, 2.45) is 5.73 Å². The van der Waals surface area contributed by atoms with E-state index < -0.39 is 28.1 Å². The van der Waals surface area contributed by atoms with Gasteiger partial charge in [-0.3, -0.25) is 9.78 Å². The molecule has 6 nitrogen and oxygen atoms in total. The number of hydrogen-bond donors (Lipinski definition) is 1. The minimum Gasteiger partial charge on any atom is -0.368 e. The van der Waals surface area contributed by atoms with Crippen molar-refractivity contribution >= 4 is 26.8 Å². The number of nitrogens with zero attached hydrogens (tertiary/aromatic N) is 2. The number of hydrogen-bond acceptors (Lipinski definition) is 4. The van der Waals surface area contributed by atoms with Gasteiger partial charge in [-0.05, 0) is 24.6 Å². The number of aromatic nitrogens is 1. The molecule has 2 atom stereocenters. The minimum absolute atomic E-state index is 0.0460. The van der Waals surface area contributed by atoms with Gasteiger partial charge in [-0.25, -0.2) is 12.8 Å². The lowest BCUT2D eigenvalue weighted by Crippen LogP contribution is -2.43. The number of alkyl halides is 1. The van der Waals surface area contributed by atoms with Crippen LogP contribution in [0.5, 0.6) is 0 Å². The van der Waals surface area contributed by atoms with Gasteiger partial charge in [0.15, 0.2) is 0 Å². The molecule has 2 heterocycles. The number of primary amides is 1. The summed E-state index contributed by atoms with van der Waals surface area (Å²) in [4.78, 5) is 15.6. The predicted molar refractivity (Wildman–Crippen MR) is 82.9 cm³/mol. The zero-order valence-corrected chi connectivity index (χ0v) is 13.3. The topological polar surface area (TPSA) is 93.4 Å². The number of halogens is 1. The van der Waals surface area contributed by atoms with Crippen LogP contribution in [0.2, 0.25) is 0 Å². The van der Waals surface area contributed by atoms with E-state index >= 15 is 0 Å². The van der Waals surface area contributed by atoms with Crippen molar-refractivity contribution < 1.29 is 17.6 Å². The van der Waals surface area contributed by atoms with E-state index in [9.17, 15) is 17.6 Å². The van der Waals surface area contributed by atoms with Crippen LogP contribution in [-0.2, 0) is 14.8 Å². The molecule has 8 heteroatoms. The Bertz CT molecular complexity index is 885. The van der Waals surface area contributed by atoms with E-state index in [1.54, 1.807) is 18.3 Å². The third-order valence-electron chi connectivity index (χ3n) is 3.93. The number of pyridine rings is 1. The molecule has 2 aromatic rings. The third kappa shape index (κ3) is 2.68. The molecule has 0 spiro atoms. The smallest absolute Gasteiger partial charge is 0.246 e. The zero-order valence-electron chi connectivity index (χ0n) is 12.4. The molecule has 0 unspecified atom stereocenters. The highest BCUT2D eigenvalue weighted by atomic mass is 32.2. The van der Waals surface area contributed by atoms with Gasteiger partial charge in [0.1, 0.15) is 17.1 Å². The summed E-state index contributed by atoms with van der Waals surface area (Å²) >= 11 is 0. The summed E-state index contributed by atoms with van der Waals surface area (Å²) in [5, 5.41) is 0.665. The van der Waals surface area contributed by atoms with Crippen LogP contribution in [0.4, 0.5) is 4.39 Å². The number of para-hydroxylation sites is 1. The van der Waals surface area contributed by atoms with Crippen LogP contribution >= 0.6 is 0 Å². The van der Waals surface area contributed by atoms with E-state index in [0.717, 1.165) is 9.87 Å². The van der Waals surface area contributed by atoms with Crippen molar-refractivity contribution in [2.45, 2.75) is 30.5 Å². The first-order valence-electron chi connectivity index (χ1n) is 7.11. The van der Waals surface area contributed by atoms with Crippen molar-refractivity contribution in [3.05, 3.63) is 36.0 Å². The van der Waals surface area contributed by atoms with E-state index in [1.165, 1.54) is 6.07 Å². The van der Waals surface area contributed by atoms with Crippen LogP contribution in [0.25, 0.3) is 10.9 Å². The van der Waals surface area contributed by atoms with Crippen molar-refractivity contribution in [1.82, 2.24) is 9.29 Å². The maximum absolute atomic E-state index is 13.7. The van der Waals surface area contributed by atoms with Gasteiger partial charge in [-0.2, -0.15) is 4.31 Å². The summed E-state index contributed by atoms with van der Waals surface area (Å²) in [6.07, 6.45) is -0.0618. The lowest BCUT2D eigenvalue weighted by molar-refractivity contribution is -0.121. The maximum Gasteiger partial charge on any atom is 0.246 e. The minimum atomic E-state index is -4.08. The molecule has 0 saturated carbocycles. The van der Waals surface area contributed by atoms with E-state index in [0.29, 0.717) is 10.9 Å².